The molecule has 0 N–H and O–H groups in total. The lowest BCUT2D eigenvalue weighted by Crippen LogP contribution is -2.37. The maximum atomic E-state index is 5.54. The van der Waals surface area contributed by atoms with Crippen LogP contribution in [0.1, 0.15) is 18.9 Å². The Labute approximate surface area is 166 Å². The average molecular weight is 389 g/mol. The van der Waals surface area contributed by atoms with Gasteiger partial charge in [0.15, 0.2) is 17.0 Å². The molecular weight excluding hydrogens is 370 g/mol. The first-order chi connectivity index (χ1) is 14.4. The minimum absolute atomic E-state index is 0.402. The first-order valence-electron chi connectivity index (χ1n) is 9.78. The molecule has 10 heteroatoms. The third kappa shape index (κ3) is 2.83. The van der Waals surface area contributed by atoms with Crippen LogP contribution in [0.15, 0.2) is 36.9 Å². The predicted molar refractivity (Wildman–Crippen MR) is 105 cm³/mol. The highest BCUT2D eigenvalue weighted by Gasteiger charge is 2.32. The molecule has 6 rings (SSSR count). The summed E-state index contributed by atoms with van der Waals surface area (Å²) >= 11 is 0. The molecule has 0 amide bonds. The van der Waals surface area contributed by atoms with Crippen molar-refractivity contribution < 1.29 is 4.74 Å². The van der Waals surface area contributed by atoms with Crippen molar-refractivity contribution in [1.29, 1.82) is 0 Å². The van der Waals surface area contributed by atoms with E-state index in [-0.39, 0.29) is 0 Å². The van der Waals surface area contributed by atoms with Crippen molar-refractivity contribution in [2.75, 3.05) is 31.2 Å². The van der Waals surface area contributed by atoms with Crippen LogP contribution in [0, 0.1) is 0 Å². The van der Waals surface area contributed by atoms with Crippen LogP contribution in [0.25, 0.3) is 28.5 Å². The van der Waals surface area contributed by atoms with Crippen molar-refractivity contribution >= 4 is 17.0 Å². The normalized spacial score (nSPS) is 17.2. The van der Waals surface area contributed by atoms with Crippen LogP contribution < -0.4 is 4.90 Å². The molecule has 1 aliphatic carbocycles. The second-order valence-corrected chi connectivity index (χ2v) is 7.24. The zero-order valence-corrected chi connectivity index (χ0v) is 15.7. The number of imidazole rings is 1. The number of rotatable bonds is 4. The van der Waals surface area contributed by atoms with Crippen LogP contribution in [0.2, 0.25) is 0 Å². The SMILES string of the molecule is c1cc(-c2nc3c(N4CCOCC4)nc(-n4ccnn4)nc3n2C2CC2)ccn1. The van der Waals surface area contributed by atoms with Gasteiger partial charge in [0.25, 0.3) is 5.95 Å². The molecule has 1 saturated heterocycles. The molecular formula is C19H19N9O. The van der Waals surface area contributed by atoms with E-state index in [9.17, 15) is 0 Å². The van der Waals surface area contributed by atoms with Gasteiger partial charge in [-0.2, -0.15) is 14.6 Å². The van der Waals surface area contributed by atoms with Gasteiger partial charge in [0.2, 0.25) is 0 Å². The van der Waals surface area contributed by atoms with Gasteiger partial charge in [-0.05, 0) is 25.0 Å². The molecule has 2 fully saturated rings. The molecule has 4 aromatic rings. The van der Waals surface area contributed by atoms with E-state index >= 15 is 0 Å². The van der Waals surface area contributed by atoms with Gasteiger partial charge >= 0.3 is 0 Å². The monoisotopic (exact) mass is 389 g/mol. The lowest BCUT2D eigenvalue weighted by Gasteiger charge is -2.28. The summed E-state index contributed by atoms with van der Waals surface area (Å²) < 4.78 is 9.38. The Bertz CT molecular complexity index is 1150. The van der Waals surface area contributed by atoms with Crippen LogP contribution in [-0.4, -0.2) is 65.8 Å². The van der Waals surface area contributed by atoms with Crippen LogP contribution in [0.3, 0.4) is 0 Å². The Kier molecular flexibility index (Phi) is 3.76. The second kappa shape index (κ2) is 6.59. The van der Waals surface area contributed by atoms with Gasteiger partial charge in [-0.1, -0.05) is 5.21 Å². The quantitative estimate of drug-likeness (QED) is 0.519. The number of anilines is 1. The summed E-state index contributed by atoms with van der Waals surface area (Å²) in [5.41, 5.74) is 2.68. The van der Waals surface area contributed by atoms with Crippen molar-refractivity contribution in [2.24, 2.45) is 0 Å². The fourth-order valence-electron chi connectivity index (χ4n) is 3.74. The first kappa shape index (κ1) is 16.5. The standard InChI is InChI=1S/C19H19N9O/c1-2-14(1)28-16(13-3-5-20-6-4-13)22-15-17(26-9-11-29-12-10-26)23-19(24-18(15)28)27-8-7-21-25-27/h3-8,14H,1-2,9-12H2. The third-order valence-corrected chi connectivity index (χ3v) is 5.30. The van der Waals surface area contributed by atoms with E-state index in [2.05, 4.69) is 24.8 Å². The molecule has 1 saturated carbocycles. The molecule has 0 bridgehead atoms. The number of fused-ring (bicyclic) bond motifs is 1. The fourth-order valence-corrected chi connectivity index (χ4v) is 3.74. The Morgan fingerprint density at radius 3 is 2.52 bits per heavy atom. The number of nitrogens with zero attached hydrogens (tertiary/aromatic N) is 9. The summed E-state index contributed by atoms with van der Waals surface area (Å²) in [5.74, 6) is 2.22. The Morgan fingerprint density at radius 2 is 1.79 bits per heavy atom. The van der Waals surface area contributed by atoms with Gasteiger partial charge in [-0.15, -0.1) is 5.10 Å². The Hall–Kier alpha value is -3.40. The highest BCUT2D eigenvalue weighted by molar-refractivity contribution is 5.88. The van der Waals surface area contributed by atoms with Crippen molar-refractivity contribution in [1.82, 2.24) is 39.5 Å². The lowest BCUT2D eigenvalue weighted by molar-refractivity contribution is 0.122. The zero-order valence-electron chi connectivity index (χ0n) is 15.7. The Balaban J connectivity index is 1.62. The number of aromatic nitrogens is 8. The van der Waals surface area contributed by atoms with E-state index in [1.54, 1.807) is 29.5 Å². The van der Waals surface area contributed by atoms with Gasteiger partial charge in [0.1, 0.15) is 5.82 Å². The maximum absolute atomic E-state index is 5.54. The number of ether oxygens (including phenoxy) is 1. The maximum Gasteiger partial charge on any atom is 0.256 e. The second-order valence-electron chi connectivity index (χ2n) is 7.24. The highest BCUT2D eigenvalue weighted by atomic mass is 16.5. The summed E-state index contributed by atoms with van der Waals surface area (Å²) in [4.78, 5) is 21.1. The lowest BCUT2D eigenvalue weighted by atomic mass is 10.2. The Morgan fingerprint density at radius 1 is 0.966 bits per heavy atom. The number of pyridine rings is 1. The van der Waals surface area contributed by atoms with Crippen LogP contribution in [-0.2, 0) is 4.74 Å². The molecule has 4 aromatic heterocycles. The van der Waals surface area contributed by atoms with Gasteiger partial charge in [-0.3, -0.25) is 4.98 Å². The molecule has 0 aromatic carbocycles. The van der Waals surface area contributed by atoms with Crippen molar-refractivity contribution in [3.8, 4) is 17.3 Å². The van der Waals surface area contributed by atoms with Gasteiger partial charge in [0.05, 0.1) is 25.6 Å². The van der Waals surface area contributed by atoms with Crippen molar-refractivity contribution in [2.45, 2.75) is 18.9 Å². The van der Waals surface area contributed by atoms with E-state index in [1.165, 1.54) is 0 Å². The van der Waals surface area contributed by atoms with Crippen molar-refractivity contribution in [3.63, 3.8) is 0 Å². The number of morpholine rings is 1. The molecule has 10 nitrogen and oxygen atoms in total. The molecule has 2 aliphatic rings. The molecule has 0 atom stereocenters. The first-order valence-corrected chi connectivity index (χ1v) is 9.78. The molecule has 0 spiro atoms. The van der Waals surface area contributed by atoms with Gasteiger partial charge in [-0.25, -0.2) is 4.98 Å². The summed E-state index contributed by atoms with van der Waals surface area (Å²) in [6, 6.07) is 4.37. The smallest absolute Gasteiger partial charge is 0.256 e. The predicted octanol–water partition coefficient (Wildman–Crippen LogP) is 1.64. The number of hydrogen-bond acceptors (Lipinski definition) is 8. The van der Waals surface area contributed by atoms with Crippen molar-refractivity contribution in [3.05, 3.63) is 36.9 Å². The zero-order chi connectivity index (χ0) is 19.2. The van der Waals surface area contributed by atoms with Gasteiger partial charge in [0, 0.05) is 37.1 Å². The minimum atomic E-state index is 0.402. The van der Waals surface area contributed by atoms with Crippen LogP contribution in [0.5, 0.6) is 0 Å². The van der Waals surface area contributed by atoms with E-state index < -0.39 is 0 Å². The van der Waals surface area contributed by atoms with E-state index in [0.29, 0.717) is 25.2 Å². The van der Waals surface area contributed by atoms with E-state index in [1.807, 2.05) is 12.1 Å². The molecule has 0 unspecified atom stereocenters. The summed E-state index contributed by atoms with van der Waals surface area (Å²) in [6.07, 6.45) is 9.22. The van der Waals surface area contributed by atoms with Crippen LogP contribution >= 0.6 is 0 Å². The minimum Gasteiger partial charge on any atom is -0.378 e. The largest absolute Gasteiger partial charge is 0.378 e. The van der Waals surface area contributed by atoms with Crippen LogP contribution in [0.4, 0.5) is 5.82 Å². The topological polar surface area (TPSA) is 99.7 Å². The summed E-state index contributed by atoms with van der Waals surface area (Å²) in [6.45, 7) is 2.88. The fraction of sp³-hybridized carbons (Fsp3) is 0.368. The summed E-state index contributed by atoms with van der Waals surface area (Å²) in [5, 5.41) is 8.01. The summed E-state index contributed by atoms with van der Waals surface area (Å²) in [7, 11) is 0. The third-order valence-electron chi connectivity index (χ3n) is 5.30. The number of hydrogen-bond donors (Lipinski definition) is 0. The highest BCUT2D eigenvalue weighted by Crippen LogP contribution is 2.42. The molecule has 146 valence electrons. The molecule has 5 heterocycles. The van der Waals surface area contributed by atoms with Gasteiger partial charge < -0.3 is 14.2 Å². The molecule has 0 radical (unpaired) electrons. The molecule has 29 heavy (non-hydrogen) atoms. The average Bonchev–Trinajstić information content (AvgIpc) is 3.32. The van der Waals surface area contributed by atoms with E-state index in [4.69, 9.17) is 19.7 Å². The molecule has 1 aliphatic heterocycles. The van der Waals surface area contributed by atoms with E-state index in [0.717, 1.165) is 54.3 Å².